The minimum atomic E-state index is -0.813. The Morgan fingerprint density at radius 3 is 2.39 bits per heavy atom. The highest BCUT2D eigenvalue weighted by molar-refractivity contribution is 6.17. The number of rotatable bonds is 5. The Hall–Kier alpha value is -0.670. The van der Waals surface area contributed by atoms with Crippen LogP contribution in [0.3, 0.4) is 0 Å². The molecule has 1 N–H and O–H groups in total. The first-order chi connectivity index (χ1) is 8.34. The summed E-state index contributed by atoms with van der Waals surface area (Å²) in [4.78, 5) is 0. The fraction of sp³-hybridized carbons (Fsp3) is 0.571. The Bertz CT molecular complexity index is 388. The molecule has 1 atom stereocenters. The molecule has 1 nitrogen and oxygen atoms in total. The molecule has 0 aromatic heterocycles. The second kappa shape index (κ2) is 6.48. The van der Waals surface area contributed by atoms with E-state index in [1.54, 1.807) is 6.07 Å². The van der Waals surface area contributed by atoms with Gasteiger partial charge in [0.1, 0.15) is 0 Å². The van der Waals surface area contributed by atoms with Gasteiger partial charge in [-0.2, -0.15) is 0 Å². The van der Waals surface area contributed by atoms with Crippen LogP contribution in [0.4, 0.5) is 8.78 Å². The van der Waals surface area contributed by atoms with Gasteiger partial charge in [-0.05, 0) is 29.5 Å². The Morgan fingerprint density at radius 2 is 1.89 bits per heavy atom. The number of benzene rings is 1. The lowest BCUT2D eigenvalue weighted by atomic mass is 9.85. The van der Waals surface area contributed by atoms with Crippen LogP contribution in [0.15, 0.2) is 18.2 Å². The van der Waals surface area contributed by atoms with E-state index < -0.39 is 11.6 Å². The van der Waals surface area contributed by atoms with Crippen LogP contribution in [-0.2, 0) is 6.54 Å². The van der Waals surface area contributed by atoms with Crippen LogP contribution < -0.4 is 5.32 Å². The van der Waals surface area contributed by atoms with E-state index in [9.17, 15) is 8.78 Å². The Kier molecular flexibility index (Phi) is 5.54. The summed E-state index contributed by atoms with van der Waals surface area (Å²) in [6, 6.07) is 4.21. The molecule has 18 heavy (non-hydrogen) atoms. The molecule has 0 fully saturated rings. The zero-order chi connectivity index (χ0) is 13.8. The van der Waals surface area contributed by atoms with Crippen molar-refractivity contribution in [2.45, 2.75) is 39.8 Å². The molecule has 1 unspecified atom stereocenters. The van der Waals surface area contributed by atoms with Gasteiger partial charge < -0.3 is 5.32 Å². The number of alkyl halides is 1. The normalized spacial score (nSPS) is 13.7. The quantitative estimate of drug-likeness (QED) is 0.798. The van der Waals surface area contributed by atoms with Gasteiger partial charge in [0, 0.05) is 18.5 Å². The fourth-order valence-corrected chi connectivity index (χ4v) is 2.06. The third kappa shape index (κ3) is 4.54. The lowest BCUT2D eigenvalue weighted by Gasteiger charge is -2.31. The molecule has 0 amide bonds. The maximum atomic E-state index is 13.1. The van der Waals surface area contributed by atoms with Crippen molar-refractivity contribution in [2.75, 3.05) is 5.88 Å². The number of halogens is 3. The third-order valence-corrected chi connectivity index (χ3v) is 3.20. The van der Waals surface area contributed by atoms with Crippen molar-refractivity contribution in [3.8, 4) is 0 Å². The van der Waals surface area contributed by atoms with E-state index in [4.69, 9.17) is 11.6 Å². The van der Waals surface area contributed by atoms with Crippen LogP contribution in [-0.4, -0.2) is 11.9 Å². The molecule has 0 saturated heterocycles. The summed E-state index contributed by atoms with van der Waals surface area (Å²) in [7, 11) is 0. The molecule has 0 spiro atoms. The van der Waals surface area contributed by atoms with Crippen LogP contribution in [0.25, 0.3) is 0 Å². The van der Waals surface area contributed by atoms with Crippen LogP contribution >= 0.6 is 11.6 Å². The standard InChI is InChI=1S/C14H20ClF2N/c1-14(2,3)13(6-7-15)18-9-10-4-5-11(16)12(17)8-10/h4-5,8,13,18H,6-7,9H2,1-3H3. The first-order valence-corrected chi connectivity index (χ1v) is 6.61. The molecule has 0 aliphatic rings. The van der Waals surface area contributed by atoms with Crippen LogP contribution in [0, 0.1) is 17.0 Å². The van der Waals surface area contributed by atoms with Gasteiger partial charge in [0.15, 0.2) is 11.6 Å². The van der Waals surface area contributed by atoms with Crippen molar-refractivity contribution in [3.05, 3.63) is 35.4 Å². The van der Waals surface area contributed by atoms with E-state index in [2.05, 4.69) is 26.1 Å². The summed E-state index contributed by atoms with van der Waals surface area (Å²) in [5.41, 5.74) is 0.811. The van der Waals surface area contributed by atoms with E-state index >= 15 is 0 Å². The maximum Gasteiger partial charge on any atom is 0.159 e. The maximum absolute atomic E-state index is 13.1. The van der Waals surface area contributed by atoms with E-state index in [0.717, 1.165) is 18.1 Å². The molecule has 0 aliphatic carbocycles. The fourth-order valence-electron chi connectivity index (χ4n) is 1.84. The van der Waals surface area contributed by atoms with Crippen molar-refractivity contribution in [1.82, 2.24) is 5.32 Å². The van der Waals surface area contributed by atoms with E-state index in [1.807, 2.05) is 0 Å². The van der Waals surface area contributed by atoms with Crippen LogP contribution in [0.1, 0.15) is 32.8 Å². The summed E-state index contributed by atoms with van der Waals surface area (Å²) >= 11 is 5.78. The Labute approximate surface area is 113 Å². The third-order valence-electron chi connectivity index (χ3n) is 2.98. The topological polar surface area (TPSA) is 12.0 Å². The van der Waals surface area contributed by atoms with Crippen LogP contribution in [0.5, 0.6) is 0 Å². The largest absolute Gasteiger partial charge is 0.309 e. The van der Waals surface area contributed by atoms with E-state index in [1.165, 1.54) is 6.07 Å². The summed E-state index contributed by atoms with van der Waals surface area (Å²) < 4.78 is 25.9. The van der Waals surface area contributed by atoms with Crippen molar-refractivity contribution in [1.29, 1.82) is 0 Å². The first-order valence-electron chi connectivity index (χ1n) is 6.08. The first kappa shape index (κ1) is 15.4. The van der Waals surface area contributed by atoms with Gasteiger partial charge in [-0.15, -0.1) is 11.6 Å². The summed E-state index contributed by atoms with van der Waals surface area (Å²) in [5.74, 6) is -1.04. The van der Waals surface area contributed by atoms with Gasteiger partial charge in [-0.3, -0.25) is 0 Å². The smallest absolute Gasteiger partial charge is 0.159 e. The Balaban J connectivity index is 2.64. The van der Waals surface area contributed by atoms with Crippen molar-refractivity contribution < 1.29 is 8.78 Å². The van der Waals surface area contributed by atoms with Gasteiger partial charge in [-0.1, -0.05) is 26.8 Å². The molecule has 0 saturated carbocycles. The Morgan fingerprint density at radius 1 is 1.22 bits per heavy atom. The van der Waals surface area contributed by atoms with E-state index in [0.29, 0.717) is 12.4 Å². The molecule has 102 valence electrons. The molecule has 1 aromatic carbocycles. The molecule has 0 heterocycles. The zero-order valence-corrected chi connectivity index (χ0v) is 11.8. The van der Waals surface area contributed by atoms with E-state index in [-0.39, 0.29) is 11.5 Å². The molecule has 0 radical (unpaired) electrons. The highest BCUT2D eigenvalue weighted by Gasteiger charge is 2.23. The molecular formula is C14H20ClF2N. The van der Waals surface area contributed by atoms with Crippen molar-refractivity contribution in [2.24, 2.45) is 5.41 Å². The molecular weight excluding hydrogens is 256 g/mol. The van der Waals surface area contributed by atoms with Crippen molar-refractivity contribution >= 4 is 11.6 Å². The summed E-state index contributed by atoms with van der Waals surface area (Å²) in [5, 5.41) is 3.35. The minimum Gasteiger partial charge on any atom is -0.309 e. The second-order valence-corrected chi connectivity index (χ2v) is 5.90. The lowest BCUT2D eigenvalue weighted by molar-refractivity contribution is 0.260. The SMILES string of the molecule is CC(C)(C)C(CCCl)NCc1ccc(F)c(F)c1. The number of hydrogen-bond donors (Lipinski definition) is 1. The minimum absolute atomic E-state index is 0.0769. The van der Waals surface area contributed by atoms with Gasteiger partial charge in [0.05, 0.1) is 0 Å². The summed E-state index contributed by atoms with van der Waals surface area (Å²) in [6.45, 7) is 6.89. The second-order valence-electron chi connectivity index (χ2n) is 5.53. The lowest BCUT2D eigenvalue weighted by Crippen LogP contribution is -2.40. The summed E-state index contributed by atoms with van der Waals surface area (Å²) in [6.07, 6.45) is 0.842. The predicted molar refractivity (Wildman–Crippen MR) is 71.8 cm³/mol. The monoisotopic (exact) mass is 275 g/mol. The average molecular weight is 276 g/mol. The number of nitrogens with one attached hydrogen (secondary N) is 1. The van der Waals surface area contributed by atoms with Gasteiger partial charge in [0.25, 0.3) is 0 Å². The molecule has 1 rings (SSSR count). The molecule has 0 aliphatic heterocycles. The van der Waals surface area contributed by atoms with Gasteiger partial charge in [0.2, 0.25) is 0 Å². The number of hydrogen-bond acceptors (Lipinski definition) is 1. The van der Waals surface area contributed by atoms with Gasteiger partial charge in [-0.25, -0.2) is 8.78 Å². The highest BCUT2D eigenvalue weighted by atomic mass is 35.5. The zero-order valence-electron chi connectivity index (χ0n) is 11.1. The van der Waals surface area contributed by atoms with Crippen LogP contribution in [0.2, 0.25) is 0 Å². The average Bonchev–Trinajstić information content (AvgIpc) is 2.27. The molecule has 1 aromatic rings. The van der Waals surface area contributed by atoms with Gasteiger partial charge >= 0.3 is 0 Å². The molecule has 0 bridgehead atoms. The molecule has 4 heteroatoms. The van der Waals surface area contributed by atoms with Crippen molar-refractivity contribution in [3.63, 3.8) is 0 Å². The predicted octanol–water partition coefficient (Wildman–Crippen LogP) is 4.10. The highest BCUT2D eigenvalue weighted by Crippen LogP contribution is 2.22.